The number of hydrogen-bond donors (Lipinski definition) is 1. The van der Waals surface area contributed by atoms with E-state index in [1.165, 1.54) is 5.56 Å². The highest BCUT2D eigenvalue weighted by atomic mass is 79.9. The lowest BCUT2D eigenvalue weighted by Crippen LogP contribution is -2.32. The summed E-state index contributed by atoms with van der Waals surface area (Å²) in [4.78, 5) is 4.59. The highest BCUT2D eigenvalue weighted by Crippen LogP contribution is 2.27. The van der Waals surface area contributed by atoms with Crippen molar-refractivity contribution in [3.8, 4) is 0 Å². The minimum absolute atomic E-state index is 0.221. The Kier molecular flexibility index (Phi) is 5.53. The first-order chi connectivity index (χ1) is 10.0. The topological polar surface area (TPSA) is 51.0 Å². The van der Waals surface area contributed by atoms with E-state index >= 15 is 0 Å². The minimum atomic E-state index is 0.221. The van der Waals surface area contributed by atoms with Crippen molar-refractivity contribution in [2.24, 2.45) is 5.92 Å². The molecule has 2 rings (SSSR count). The summed E-state index contributed by atoms with van der Waals surface area (Å²) in [6.07, 6.45) is 0.682. The van der Waals surface area contributed by atoms with Crippen molar-refractivity contribution in [3.05, 3.63) is 46.0 Å². The van der Waals surface area contributed by atoms with Gasteiger partial charge in [0, 0.05) is 16.9 Å². The molecule has 2 unspecified atom stereocenters. The molecule has 1 aromatic heterocycles. The van der Waals surface area contributed by atoms with Gasteiger partial charge in [0.1, 0.15) is 0 Å². The van der Waals surface area contributed by atoms with Crippen LogP contribution in [0.2, 0.25) is 0 Å². The number of halogens is 1. The number of hydrogen-bond acceptors (Lipinski definition) is 4. The van der Waals surface area contributed by atoms with Gasteiger partial charge in [0.15, 0.2) is 5.82 Å². The molecule has 0 fully saturated rings. The van der Waals surface area contributed by atoms with Crippen LogP contribution in [0, 0.1) is 5.92 Å². The van der Waals surface area contributed by atoms with E-state index in [9.17, 15) is 0 Å². The number of likely N-dealkylation sites (N-methyl/N-ethyl adjacent to an activating group) is 1. The molecule has 0 radical (unpaired) electrons. The smallest absolute Gasteiger partial charge is 0.231 e. The number of benzene rings is 1. The molecule has 0 aliphatic carbocycles. The average molecular weight is 352 g/mol. The second-order valence-electron chi connectivity index (χ2n) is 5.70. The summed E-state index contributed by atoms with van der Waals surface area (Å²) < 4.78 is 6.56. The number of rotatable bonds is 6. The van der Waals surface area contributed by atoms with E-state index in [1.54, 1.807) is 0 Å². The Labute approximate surface area is 134 Å². The van der Waals surface area contributed by atoms with E-state index in [0.29, 0.717) is 18.4 Å². The SMILES string of the molecule is CNC(C)C(c1nc(Cc2cccc(Br)c2)no1)C(C)C. The van der Waals surface area contributed by atoms with Crippen LogP contribution in [-0.2, 0) is 6.42 Å². The van der Waals surface area contributed by atoms with E-state index in [0.717, 1.165) is 16.2 Å². The first-order valence-electron chi connectivity index (χ1n) is 7.25. The summed E-state index contributed by atoms with van der Waals surface area (Å²) >= 11 is 3.48. The zero-order valence-electron chi connectivity index (χ0n) is 12.9. The first-order valence-corrected chi connectivity index (χ1v) is 8.04. The van der Waals surface area contributed by atoms with Crippen LogP contribution in [0.1, 0.15) is 44.0 Å². The molecule has 0 amide bonds. The predicted octanol–water partition coefficient (Wildman–Crippen LogP) is 3.77. The summed E-state index contributed by atoms with van der Waals surface area (Å²) in [6.45, 7) is 6.50. The Morgan fingerprint density at radius 3 is 2.67 bits per heavy atom. The van der Waals surface area contributed by atoms with Crippen LogP contribution in [0.5, 0.6) is 0 Å². The van der Waals surface area contributed by atoms with Crippen molar-refractivity contribution in [3.63, 3.8) is 0 Å². The van der Waals surface area contributed by atoms with Crippen molar-refractivity contribution in [2.75, 3.05) is 7.05 Å². The molecule has 1 aromatic carbocycles. The van der Waals surface area contributed by atoms with Crippen LogP contribution in [0.3, 0.4) is 0 Å². The van der Waals surface area contributed by atoms with Crippen LogP contribution in [0.15, 0.2) is 33.3 Å². The van der Waals surface area contributed by atoms with Crippen molar-refractivity contribution >= 4 is 15.9 Å². The molecular weight excluding hydrogens is 330 g/mol. The van der Waals surface area contributed by atoms with Crippen LogP contribution < -0.4 is 5.32 Å². The summed E-state index contributed by atoms with van der Waals surface area (Å²) in [5.41, 5.74) is 1.17. The molecule has 0 bridgehead atoms. The molecule has 0 saturated carbocycles. The summed E-state index contributed by atoms with van der Waals surface area (Å²) in [7, 11) is 1.96. The normalized spacial score (nSPS) is 14.4. The molecular formula is C16H22BrN3O. The molecule has 2 aromatic rings. The van der Waals surface area contributed by atoms with E-state index in [-0.39, 0.29) is 5.92 Å². The highest BCUT2D eigenvalue weighted by molar-refractivity contribution is 9.10. The molecule has 4 nitrogen and oxygen atoms in total. The van der Waals surface area contributed by atoms with Gasteiger partial charge >= 0.3 is 0 Å². The Balaban J connectivity index is 2.16. The maximum absolute atomic E-state index is 5.50. The third kappa shape index (κ3) is 4.14. The Hall–Kier alpha value is -1.20. The largest absolute Gasteiger partial charge is 0.339 e. The van der Waals surface area contributed by atoms with Crippen LogP contribution in [0.25, 0.3) is 0 Å². The highest BCUT2D eigenvalue weighted by Gasteiger charge is 2.27. The Morgan fingerprint density at radius 2 is 2.05 bits per heavy atom. The van der Waals surface area contributed by atoms with Crippen molar-refractivity contribution in [1.82, 2.24) is 15.5 Å². The molecule has 1 heterocycles. The van der Waals surface area contributed by atoms with Gasteiger partial charge in [0.25, 0.3) is 0 Å². The first kappa shape index (κ1) is 16.2. The molecule has 5 heteroatoms. The number of aromatic nitrogens is 2. The van der Waals surface area contributed by atoms with Gasteiger partial charge in [0.2, 0.25) is 5.89 Å². The quantitative estimate of drug-likeness (QED) is 0.860. The number of nitrogens with zero attached hydrogens (tertiary/aromatic N) is 2. The zero-order chi connectivity index (χ0) is 15.4. The van der Waals surface area contributed by atoms with Crippen LogP contribution in [0.4, 0.5) is 0 Å². The van der Waals surface area contributed by atoms with Gasteiger partial charge in [-0.1, -0.05) is 47.1 Å². The maximum atomic E-state index is 5.50. The minimum Gasteiger partial charge on any atom is -0.339 e. The fraction of sp³-hybridized carbons (Fsp3) is 0.500. The van der Waals surface area contributed by atoms with Gasteiger partial charge in [-0.2, -0.15) is 4.98 Å². The van der Waals surface area contributed by atoms with Gasteiger partial charge in [-0.15, -0.1) is 0 Å². The average Bonchev–Trinajstić information content (AvgIpc) is 2.86. The fourth-order valence-corrected chi connectivity index (χ4v) is 3.01. The van der Waals surface area contributed by atoms with Crippen molar-refractivity contribution in [1.29, 1.82) is 0 Å². The van der Waals surface area contributed by atoms with Crippen molar-refractivity contribution < 1.29 is 4.52 Å². The van der Waals surface area contributed by atoms with E-state index in [2.05, 4.69) is 64.3 Å². The summed E-state index contributed by atoms with van der Waals surface area (Å²) in [6, 6.07) is 8.46. The van der Waals surface area contributed by atoms with Gasteiger partial charge in [-0.05, 0) is 37.6 Å². The van der Waals surface area contributed by atoms with Crippen LogP contribution in [-0.4, -0.2) is 23.2 Å². The third-order valence-electron chi connectivity index (χ3n) is 3.73. The molecule has 21 heavy (non-hydrogen) atoms. The Bertz CT molecular complexity index is 582. The predicted molar refractivity (Wildman–Crippen MR) is 87.3 cm³/mol. The fourth-order valence-electron chi connectivity index (χ4n) is 2.56. The molecule has 114 valence electrons. The monoisotopic (exact) mass is 351 g/mol. The van der Waals surface area contributed by atoms with E-state index in [1.807, 2.05) is 19.2 Å². The zero-order valence-corrected chi connectivity index (χ0v) is 14.5. The molecule has 0 saturated heterocycles. The summed E-state index contributed by atoms with van der Waals surface area (Å²) in [5.74, 6) is 2.11. The second kappa shape index (κ2) is 7.18. The molecule has 2 atom stereocenters. The molecule has 0 aliphatic heterocycles. The lowest BCUT2D eigenvalue weighted by Gasteiger charge is -2.23. The van der Waals surface area contributed by atoms with E-state index < -0.39 is 0 Å². The second-order valence-corrected chi connectivity index (χ2v) is 6.62. The lowest BCUT2D eigenvalue weighted by atomic mass is 9.89. The van der Waals surface area contributed by atoms with E-state index in [4.69, 9.17) is 4.52 Å². The maximum Gasteiger partial charge on any atom is 0.231 e. The van der Waals surface area contributed by atoms with Gasteiger partial charge in [-0.25, -0.2) is 0 Å². The molecule has 0 aliphatic rings. The Morgan fingerprint density at radius 1 is 1.29 bits per heavy atom. The standard InChI is InChI=1S/C16H22BrN3O/c1-10(2)15(11(3)18-4)16-19-14(20-21-16)9-12-6-5-7-13(17)8-12/h5-8,10-11,15,18H,9H2,1-4H3. The number of nitrogens with one attached hydrogen (secondary N) is 1. The van der Waals surface area contributed by atoms with Gasteiger partial charge in [0.05, 0.1) is 5.92 Å². The lowest BCUT2D eigenvalue weighted by molar-refractivity contribution is 0.285. The summed E-state index contributed by atoms with van der Waals surface area (Å²) in [5, 5.41) is 7.41. The molecule has 0 spiro atoms. The van der Waals surface area contributed by atoms with Gasteiger partial charge in [-0.3, -0.25) is 0 Å². The third-order valence-corrected chi connectivity index (χ3v) is 4.23. The van der Waals surface area contributed by atoms with Crippen LogP contribution >= 0.6 is 15.9 Å². The van der Waals surface area contributed by atoms with Crippen molar-refractivity contribution in [2.45, 2.75) is 39.2 Å². The molecule has 1 N–H and O–H groups in total. The van der Waals surface area contributed by atoms with Gasteiger partial charge < -0.3 is 9.84 Å².